The normalized spacial score (nSPS) is 16.9. The second kappa shape index (κ2) is 17.4. The van der Waals surface area contributed by atoms with Crippen molar-refractivity contribution in [2.24, 2.45) is 7.05 Å². The number of anilines is 1. The van der Waals surface area contributed by atoms with Gasteiger partial charge in [0.25, 0.3) is 46.3 Å². The molecule has 0 saturated heterocycles. The number of rotatable bonds is 16. The molecular formula is C44H54N4O14S4+2. The number of carboxylic acids is 1. The van der Waals surface area contributed by atoms with Gasteiger partial charge < -0.3 is 10.0 Å². The summed E-state index contributed by atoms with van der Waals surface area (Å²) in [4.78, 5) is 12.4. The molecule has 0 saturated carbocycles. The topological polar surface area (TPSA) is 270 Å². The van der Waals surface area contributed by atoms with E-state index in [2.05, 4.69) is 6.07 Å². The van der Waals surface area contributed by atoms with Crippen molar-refractivity contribution in [3.05, 3.63) is 111 Å². The lowest BCUT2D eigenvalue weighted by molar-refractivity contribution is -0.673. The summed E-state index contributed by atoms with van der Waals surface area (Å²) in [6.45, 7) is 8.93. The van der Waals surface area contributed by atoms with Crippen LogP contribution in [-0.4, -0.2) is 97.7 Å². The number of fused-ring (bicyclic) bond motifs is 4. The molecule has 3 heterocycles. The molecule has 0 radical (unpaired) electrons. The third kappa shape index (κ3) is 10.1. The molecule has 7 rings (SSSR count). The zero-order chi connectivity index (χ0) is 48.5. The molecule has 22 heteroatoms. The molecule has 0 fully saturated rings. The van der Waals surface area contributed by atoms with E-state index in [1.165, 1.54) is 6.07 Å². The van der Waals surface area contributed by atoms with E-state index in [0.717, 1.165) is 56.4 Å². The minimum Gasteiger partial charge on any atom is -0.481 e. The van der Waals surface area contributed by atoms with Crippen molar-refractivity contribution in [3.63, 3.8) is 0 Å². The summed E-state index contributed by atoms with van der Waals surface area (Å²) in [7, 11) is -16.6. The highest BCUT2D eigenvalue weighted by atomic mass is 32.2. The quantitative estimate of drug-likeness (QED) is 0.0614. The molecule has 3 aromatic carbocycles. The fourth-order valence-corrected chi connectivity index (χ4v) is 12.3. The zero-order valence-electron chi connectivity index (χ0n) is 37.1. The Kier molecular flexibility index (Phi) is 12.9. The van der Waals surface area contributed by atoms with E-state index >= 15 is 0 Å². The molecule has 0 bridgehead atoms. The van der Waals surface area contributed by atoms with E-state index in [1.54, 1.807) is 6.08 Å². The van der Waals surface area contributed by atoms with Crippen LogP contribution in [0.25, 0.3) is 11.1 Å². The van der Waals surface area contributed by atoms with Crippen LogP contribution in [0.4, 0.5) is 5.69 Å². The summed E-state index contributed by atoms with van der Waals surface area (Å²) in [6, 6.07) is 11.1. The van der Waals surface area contributed by atoms with E-state index in [9.17, 15) is 61.8 Å². The number of benzene rings is 3. The average Bonchev–Trinajstić information content (AvgIpc) is 3.54. The summed E-state index contributed by atoms with van der Waals surface area (Å²) in [5.41, 5.74) is 4.06. The van der Waals surface area contributed by atoms with Crippen molar-refractivity contribution in [1.82, 2.24) is 9.14 Å². The predicted molar refractivity (Wildman–Crippen MR) is 244 cm³/mol. The molecule has 5 N–H and O–H groups in total. The summed E-state index contributed by atoms with van der Waals surface area (Å²) < 4.78 is 143. The summed E-state index contributed by atoms with van der Waals surface area (Å²) in [6.07, 6.45) is 7.49. The molecule has 356 valence electrons. The highest BCUT2D eigenvalue weighted by Gasteiger charge is 2.42. The lowest BCUT2D eigenvalue weighted by atomic mass is 9.68. The van der Waals surface area contributed by atoms with E-state index in [4.69, 9.17) is 0 Å². The summed E-state index contributed by atoms with van der Waals surface area (Å²) in [5, 5.41) is 11.1. The van der Waals surface area contributed by atoms with Crippen LogP contribution in [0.2, 0.25) is 0 Å². The van der Waals surface area contributed by atoms with E-state index < -0.39 is 78.7 Å². The van der Waals surface area contributed by atoms with E-state index in [1.807, 2.05) is 83.9 Å². The molecule has 2 aliphatic heterocycles. The number of aryl methyl sites for hydroxylation is 3. The average molecular weight is 991 g/mol. The van der Waals surface area contributed by atoms with Crippen LogP contribution in [0.5, 0.6) is 0 Å². The minimum atomic E-state index is -4.95. The van der Waals surface area contributed by atoms with Crippen LogP contribution in [0.1, 0.15) is 99.0 Å². The molecule has 1 aliphatic carbocycles. The van der Waals surface area contributed by atoms with Gasteiger partial charge in [-0.15, -0.1) is 0 Å². The van der Waals surface area contributed by atoms with Gasteiger partial charge in [-0.05, 0) is 103 Å². The fourth-order valence-electron chi connectivity index (χ4n) is 9.79. The molecule has 0 atom stereocenters. The Morgan fingerprint density at radius 2 is 1.52 bits per heavy atom. The third-order valence-corrected chi connectivity index (χ3v) is 16.0. The van der Waals surface area contributed by atoms with Crippen molar-refractivity contribution in [1.29, 1.82) is 0 Å². The number of hydrogen-bond acceptors (Lipinski definition) is 10. The van der Waals surface area contributed by atoms with Crippen molar-refractivity contribution in [2.75, 3.05) is 29.5 Å². The Morgan fingerprint density at radius 1 is 0.803 bits per heavy atom. The Balaban J connectivity index is 1.54. The maximum atomic E-state index is 12.6. The van der Waals surface area contributed by atoms with E-state index in [0.29, 0.717) is 55.7 Å². The van der Waals surface area contributed by atoms with Crippen LogP contribution < -0.4 is 24.6 Å². The minimum absolute atomic E-state index is 0.0571. The smallest absolute Gasteiger partial charge is 0.303 e. The van der Waals surface area contributed by atoms with Crippen molar-refractivity contribution >= 4 is 63.3 Å². The Hall–Kier alpha value is -4.81. The first-order valence-electron chi connectivity index (χ1n) is 21.2. The molecule has 4 aromatic rings. The second-order valence-corrected chi connectivity index (χ2v) is 24.1. The molecule has 66 heavy (non-hydrogen) atoms. The molecular weight excluding hydrogens is 937 g/mol. The van der Waals surface area contributed by atoms with Gasteiger partial charge >= 0.3 is 5.97 Å². The van der Waals surface area contributed by atoms with Crippen LogP contribution in [0, 0.1) is 0 Å². The Morgan fingerprint density at radius 3 is 2.15 bits per heavy atom. The highest BCUT2D eigenvalue weighted by Crippen LogP contribution is 2.47. The van der Waals surface area contributed by atoms with E-state index in [-0.39, 0.29) is 31.4 Å². The van der Waals surface area contributed by atoms with Crippen molar-refractivity contribution in [2.45, 2.75) is 100 Å². The van der Waals surface area contributed by atoms with Gasteiger partial charge in [0, 0.05) is 53.2 Å². The van der Waals surface area contributed by atoms with Crippen molar-refractivity contribution in [3.8, 4) is 0 Å². The standard InChI is InChI=1S/C44H52N4O14S4/c1-43(2)25-30(27-64(54,55)56)32-22-34-36(24-38(32)48(43)16-9-11-40(49)50)44(3,4)35-23-37-28(20-33(35)41(34)42-45(5)17-18-46(42)14-6-7-19-63(51,52)53)10-8-15-47(37)26-29-12-13-31(65(57,58)59)21-39(29)66(60,61)62/h12-13,17-18,20-25H,6-11,14-16,19,26-27H2,1-5H3,(H3-2,49,50,51,52,53,54,55,56,57,58,59,60,61,62)/p+2. The molecule has 0 spiro atoms. The molecule has 0 unspecified atom stereocenters. The summed E-state index contributed by atoms with van der Waals surface area (Å²) in [5.74, 6) is -1.34. The monoisotopic (exact) mass is 990 g/mol. The second-order valence-electron chi connectivity index (χ2n) is 18.3. The number of carboxylic acid groups (broad SMARTS) is 1. The van der Waals surface area contributed by atoms with Crippen LogP contribution in [0.3, 0.4) is 0 Å². The predicted octanol–water partition coefficient (Wildman–Crippen LogP) is 2.73. The Bertz CT molecular complexity index is 3320. The largest absolute Gasteiger partial charge is 0.481 e. The molecule has 18 nitrogen and oxygen atoms in total. The van der Waals surface area contributed by atoms with Crippen LogP contribution >= 0.6 is 0 Å². The van der Waals surface area contributed by atoms with Crippen molar-refractivity contribution < 1.29 is 66.4 Å². The molecule has 0 amide bonds. The van der Waals surface area contributed by atoms with Crippen LogP contribution in [-0.2, 0) is 77.2 Å². The van der Waals surface area contributed by atoms with Gasteiger partial charge in [0.15, 0.2) is 6.54 Å². The number of unbranched alkanes of at least 4 members (excludes halogenated alkanes) is 1. The van der Waals surface area contributed by atoms with Gasteiger partial charge in [0.2, 0.25) is 5.36 Å². The first kappa shape index (κ1) is 49.1. The number of carbonyl (C=O) groups is 1. The molecule has 1 aromatic heterocycles. The third-order valence-electron chi connectivity index (χ3n) is 12.8. The number of hydrogen-bond donors (Lipinski definition) is 5. The fraction of sp³-hybridized carbons (Fsp3) is 0.432. The van der Waals surface area contributed by atoms with Gasteiger partial charge in [-0.2, -0.15) is 33.7 Å². The first-order valence-corrected chi connectivity index (χ1v) is 27.3. The van der Waals surface area contributed by atoms with Gasteiger partial charge in [-0.25, -0.2) is 13.7 Å². The highest BCUT2D eigenvalue weighted by molar-refractivity contribution is 7.87. The number of aromatic nitrogens is 2. The van der Waals surface area contributed by atoms with Gasteiger partial charge in [0.1, 0.15) is 29.6 Å². The van der Waals surface area contributed by atoms with Gasteiger partial charge in [0.05, 0.1) is 35.4 Å². The molecule has 3 aliphatic rings. The van der Waals surface area contributed by atoms with Gasteiger partial charge in [-0.3, -0.25) is 23.0 Å². The SMILES string of the molecule is C[n+]1ccn(CCCCS(=O)(=O)O)c1C1=c2cc3c(cc2C(C)(C)c2cc4c(cc21)C(CS(=O)(=O)O)=CC(C)(C)N4CCCC(=O)O)=[N+](Cc1ccc(S(=O)(=O)O)cc1S(=O)(=O)O)CCC3. The lowest BCUT2D eigenvalue weighted by Gasteiger charge is -2.45. The first-order chi connectivity index (χ1) is 30.5. The number of nitrogens with zero attached hydrogens (tertiary/aromatic N) is 4. The number of imidazole rings is 1. The summed E-state index contributed by atoms with van der Waals surface area (Å²) >= 11 is 0. The lowest BCUT2D eigenvalue weighted by Crippen LogP contribution is -2.47. The Labute approximate surface area is 384 Å². The maximum absolute atomic E-state index is 12.6. The van der Waals surface area contributed by atoms with Crippen LogP contribution in [0.15, 0.2) is 70.7 Å². The number of aliphatic carboxylic acids is 1. The van der Waals surface area contributed by atoms with Gasteiger partial charge in [-0.1, -0.05) is 19.9 Å². The maximum Gasteiger partial charge on any atom is 0.303 e. The zero-order valence-corrected chi connectivity index (χ0v) is 40.4.